The lowest BCUT2D eigenvalue weighted by molar-refractivity contribution is 0.0823. The van der Waals surface area contributed by atoms with Gasteiger partial charge >= 0.3 is 0 Å². The fourth-order valence-corrected chi connectivity index (χ4v) is 5.45. The van der Waals surface area contributed by atoms with Crippen molar-refractivity contribution in [2.24, 2.45) is 0 Å². The molecule has 4 rings (SSSR count). The van der Waals surface area contributed by atoms with Crippen LogP contribution >= 0.6 is 35.0 Å². The molecule has 1 fully saturated rings. The maximum Gasteiger partial charge on any atom is 0.0603 e. The highest BCUT2D eigenvalue weighted by molar-refractivity contribution is 7.99. The highest BCUT2D eigenvalue weighted by Crippen LogP contribution is 2.45. The van der Waals surface area contributed by atoms with Gasteiger partial charge in [0.2, 0.25) is 0 Å². The number of piperazine rings is 1. The normalized spacial score (nSPS) is 21.1. The van der Waals surface area contributed by atoms with E-state index in [2.05, 4.69) is 34.1 Å². The average molecular weight is 409 g/mol. The van der Waals surface area contributed by atoms with Crippen LogP contribution in [0.15, 0.2) is 46.2 Å². The largest absolute Gasteiger partial charge is 0.395 e. The summed E-state index contributed by atoms with van der Waals surface area (Å²) < 4.78 is 0. The molecule has 1 atom stereocenters. The molecule has 2 aromatic carbocycles. The van der Waals surface area contributed by atoms with Crippen LogP contribution in [0.1, 0.15) is 17.2 Å². The number of β-amino-alcohol motifs (C(OH)–C–C–N with tert-alkyl or cyclic N) is 1. The van der Waals surface area contributed by atoms with Crippen molar-refractivity contribution < 1.29 is 5.11 Å². The van der Waals surface area contributed by atoms with Crippen molar-refractivity contribution in [2.45, 2.75) is 22.3 Å². The summed E-state index contributed by atoms with van der Waals surface area (Å²) in [6.07, 6.45) is 0.941. The number of nitrogens with zero attached hydrogens (tertiary/aromatic N) is 2. The van der Waals surface area contributed by atoms with Crippen molar-refractivity contribution >= 4 is 35.0 Å². The van der Waals surface area contributed by atoms with E-state index in [1.165, 1.54) is 20.9 Å². The summed E-state index contributed by atoms with van der Waals surface area (Å²) in [7, 11) is 0. The SMILES string of the molecule is OCCN1CCN([C@@H]2Cc3cc(Cl)c(Cl)cc3Sc3ccccc32)CC1. The monoisotopic (exact) mass is 408 g/mol. The van der Waals surface area contributed by atoms with Crippen LogP contribution in [0.25, 0.3) is 0 Å². The zero-order valence-electron chi connectivity index (χ0n) is 14.5. The lowest BCUT2D eigenvalue weighted by atomic mass is 9.96. The minimum Gasteiger partial charge on any atom is -0.395 e. The fraction of sp³-hybridized carbons (Fsp3) is 0.400. The van der Waals surface area contributed by atoms with Gasteiger partial charge in [0.15, 0.2) is 0 Å². The van der Waals surface area contributed by atoms with Gasteiger partial charge in [-0.05, 0) is 35.7 Å². The molecule has 3 nitrogen and oxygen atoms in total. The quantitative estimate of drug-likeness (QED) is 0.816. The summed E-state index contributed by atoms with van der Waals surface area (Å²) in [5, 5.41) is 10.4. The van der Waals surface area contributed by atoms with Crippen molar-refractivity contribution in [1.82, 2.24) is 9.80 Å². The Morgan fingerprint density at radius 2 is 1.73 bits per heavy atom. The molecule has 0 unspecified atom stereocenters. The third-order valence-corrected chi connectivity index (χ3v) is 7.19. The Hall–Kier alpha value is -0.750. The summed E-state index contributed by atoms with van der Waals surface area (Å²) in [6, 6.07) is 13.1. The summed E-state index contributed by atoms with van der Waals surface area (Å²) in [6.45, 7) is 5.03. The molecule has 2 heterocycles. The Morgan fingerprint density at radius 3 is 2.50 bits per heavy atom. The first kappa shape index (κ1) is 18.6. The lowest BCUT2D eigenvalue weighted by Crippen LogP contribution is -2.48. The van der Waals surface area contributed by atoms with E-state index in [1.54, 1.807) is 11.8 Å². The molecule has 2 aromatic rings. The molecule has 0 radical (unpaired) electrons. The van der Waals surface area contributed by atoms with E-state index in [9.17, 15) is 5.11 Å². The van der Waals surface area contributed by atoms with Crippen LogP contribution in [0, 0.1) is 0 Å². The summed E-state index contributed by atoms with van der Waals surface area (Å²) >= 11 is 14.4. The van der Waals surface area contributed by atoms with Gasteiger partial charge in [0, 0.05) is 48.6 Å². The summed E-state index contributed by atoms with van der Waals surface area (Å²) in [4.78, 5) is 7.41. The molecule has 0 spiro atoms. The maximum atomic E-state index is 9.18. The van der Waals surface area contributed by atoms with Crippen LogP contribution in [-0.4, -0.2) is 54.2 Å². The number of aliphatic hydroxyl groups excluding tert-OH is 1. The van der Waals surface area contributed by atoms with E-state index >= 15 is 0 Å². The van der Waals surface area contributed by atoms with Crippen LogP contribution < -0.4 is 0 Å². The summed E-state index contributed by atoms with van der Waals surface area (Å²) in [5.74, 6) is 0. The predicted molar refractivity (Wildman–Crippen MR) is 109 cm³/mol. The van der Waals surface area contributed by atoms with Gasteiger partial charge in [-0.15, -0.1) is 0 Å². The molecular weight excluding hydrogens is 387 g/mol. The molecule has 0 saturated carbocycles. The second-order valence-electron chi connectivity index (χ2n) is 6.84. The van der Waals surface area contributed by atoms with E-state index in [0.29, 0.717) is 16.1 Å². The van der Waals surface area contributed by atoms with Gasteiger partial charge in [0.1, 0.15) is 0 Å². The molecule has 0 bridgehead atoms. The number of hydrogen-bond acceptors (Lipinski definition) is 4. The van der Waals surface area contributed by atoms with Crippen LogP contribution in [0.4, 0.5) is 0 Å². The van der Waals surface area contributed by atoms with E-state index in [0.717, 1.165) is 39.1 Å². The van der Waals surface area contributed by atoms with E-state index in [-0.39, 0.29) is 6.61 Å². The van der Waals surface area contributed by atoms with Crippen LogP contribution in [0.2, 0.25) is 10.0 Å². The molecule has 138 valence electrons. The Bertz CT molecular complexity index is 793. The van der Waals surface area contributed by atoms with Gasteiger partial charge in [-0.2, -0.15) is 0 Å². The van der Waals surface area contributed by atoms with Crippen molar-refractivity contribution in [3.8, 4) is 0 Å². The lowest BCUT2D eigenvalue weighted by Gasteiger charge is -2.39. The molecule has 1 N–H and O–H groups in total. The Balaban J connectivity index is 1.66. The molecule has 2 aliphatic rings. The third kappa shape index (κ3) is 3.77. The van der Waals surface area contributed by atoms with E-state index < -0.39 is 0 Å². The van der Waals surface area contributed by atoms with Gasteiger partial charge in [-0.3, -0.25) is 9.80 Å². The van der Waals surface area contributed by atoms with Crippen molar-refractivity contribution in [3.05, 3.63) is 57.6 Å². The second-order valence-corrected chi connectivity index (χ2v) is 8.73. The first-order valence-electron chi connectivity index (χ1n) is 8.97. The number of hydrogen-bond donors (Lipinski definition) is 1. The molecule has 0 aromatic heterocycles. The van der Waals surface area contributed by atoms with Crippen LogP contribution in [-0.2, 0) is 6.42 Å². The molecular formula is C20H22Cl2N2OS. The van der Waals surface area contributed by atoms with Crippen molar-refractivity contribution in [1.29, 1.82) is 0 Å². The predicted octanol–water partition coefficient (Wildman–Crippen LogP) is 4.35. The van der Waals surface area contributed by atoms with Crippen LogP contribution in [0.5, 0.6) is 0 Å². The number of halogens is 2. The molecule has 0 amide bonds. The van der Waals surface area contributed by atoms with Gasteiger partial charge in [0.25, 0.3) is 0 Å². The third-order valence-electron chi connectivity index (χ3n) is 5.28. The van der Waals surface area contributed by atoms with Crippen molar-refractivity contribution in [2.75, 3.05) is 39.3 Å². The van der Waals surface area contributed by atoms with E-state index in [1.807, 2.05) is 12.1 Å². The number of fused-ring (bicyclic) bond motifs is 2. The molecule has 2 aliphatic heterocycles. The van der Waals surface area contributed by atoms with Gasteiger partial charge < -0.3 is 5.11 Å². The first-order chi connectivity index (χ1) is 12.7. The maximum absolute atomic E-state index is 9.18. The molecule has 1 saturated heterocycles. The topological polar surface area (TPSA) is 26.7 Å². The van der Waals surface area contributed by atoms with Gasteiger partial charge in [-0.1, -0.05) is 53.2 Å². The molecule has 26 heavy (non-hydrogen) atoms. The average Bonchev–Trinajstić information content (AvgIpc) is 2.80. The van der Waals surface area contributed by atoms with Gasteiger partial charge in [-0.25, -0.2) is 0 Å². The Kier molecular flexibility index (Phi) is 5.79. The number of benzene rings is 2. The standard InChI is InChI=1S/C20H22Cl2N2OS/c21-16-11-14-12-18(24-7-5-23(6-8-24)9-10-25)15-3-1-2-4-19(15)26-20(14)13-17(16)22/h1-4,11,13,18,25H,5-10,12H2/t18-/m1/s1. The van der Waals surface area contributed by atoms with E-state index in [4.69, 9.17) is 23.2 Å². The highest BCUT2D eigenvalue weighted by atomic mass is 35.5. The van der Waals surface area contributed by atoms with Crippen molar-refractivity contribution in [3.63, 3.8) is 0 Å². The minimum atomic E-state index is 0.232. The second kappa shape index (κ2) is 8.09. The van der Waals surface area contributed by atoms with Gasteiger partial charge in [0.05, 0.1) is 16.7 Å². The van der Waals surface area contributed by atoms with Crippen LogP contribution in [0.3, 0.4) is 0 Å². The molecule has 6 heteroatoms. The number of aliphatic hydroxyl groups is 1. The fourth-order valence-electron chi connectivity index (χ4n) is 3.88. The first-order valence-corrected chi connectivity index (χ1v) is 10.5. The summed E-state index contributed by atoms with van der Waals surface area (Å²) in [5.41, 5.74) is 2.65. The smallest absolute Gasteiger partial charge is 0.0603 e. The number of rotatable bonds is 3. The Labute approximate surface area is 168 Å². The minimum absolute atomic E-state index is 0.232. The Morgan fingerprint density at radius 1 is 1.00 bits per heavy atom. The zero-order valence-corrected chi connectivity index (χ0v) is 16.8. The zero-order chi connectivity index (χ0) is 18.1. The molecule has 0 aliphatic carbocycles. The highest BCUT2D eigenvalue weighted by Gasteiger charge is 2.30.